The number of rotatable bonds is 6. The first-order chi connectivity index (χ1) is 19.8. The quantitative estimate of drug-likeness (QED) is 0.256. The van der Waals surface area contributed by atoms with E-state index >= 15 is 4.39 Å². The molecule has 6 rings (SSSR count). The van der Waals surface area contributed by atoms with E-state index in [9.17, 15) is 14.0 Å². The Labute approximate surface area is 234 Å². The third kappa shape index (κ3) is 4.73. The van der Waals surface area contributed by atoms with E-state index in [-0.39, 0.29) is 39.8 Å². The van der Waals surface area contributed by atoms with E-state index in [2.05, 4.69) is 15.3 Å². The minimum absolute atomic E-state index is 0.00470. The Kier molecular flexibility index (Phi) is 6.57. The first-order valence-corrected chi connectivity index (χ1v) is 13.2. The van der Waals surface area contributed by atoms with Crippen LogP contribution in [0.3, 0.4) is 0 Å². The summed E-state index contributed by atoms with van der Waals surface area (Å²) in [4.78, 5) is 37.1. The van der Waals surface area contributed by atoms with E-state index in [0.29, 0.717) is 22.6 Å². The minimum Gasteiger partial charge on any atom is -0.455 e. The smallest absolute Gasteiger partial charge is 0.260 e. The molecule has 2 amide bonds. The van der Waals surface area contributed by atoms with Crippen LogP contribution in [0.1, 0.15) is 44.8 Å². The molecule has 0 spiro atoms. The van der Waals surface area contributed by atoms with Crippen molar-refractivity contribution >= 4 is 28.7 Å². The zero-order chi connectivity index (χ0) is 28.8. The lowest BCUT2D eigenvalue weighted by atomic mass is 9.94. The maximum Gasteiger partial charge on any atom is 0.260 e. The van der Waals surface area contributed by atoms with Crippen molar-refractivity contribution in [1.82, 2.24) is 15.3 Å². The third-order valence-corrected chi connectivity index (χ3v) is 7.26. The van der Waals surface area contributed by atoms with E-state index in [4.69, 9.17) is 4.42 Å². The molecule has 9 heteroatoms. The number of fused-ring (bicyclic) bond motifs is 1. The molecule has 0 bridgehead atoms. The van der Waals surface area contributed by atoms with Crippen molar-refractivity contribution < 1.29 is 22.8 Å². The number of aromatic nitrogens is 2. The van der Waals surface area contributed by atoms with Gasteiger partial charge in [-0.3, -0.25) is 14.5 Å². The molecule has 0 atom stereocenters. The standard InChI is InChI=1S/C32H26F2N4O3/c1-17-4-5-20(31(40)38(22-10-11-22)32-36-15-14-18(2)37-32)16-24(17)23-12-13-25-26(28(23)34)27(30(39)35-3)29(41-25)19-6-8-21(33)9-7-19/h4-9,12-16,22H,10-11H2,1-3H3,(H,35,39). The molecule has 1 N–H and O–H groups in total. The number of halogens is 2. The second kappa shape index (κ2) is 10.2. The Hall–Kier alpha value is -4.92. The van der Waals surface area contributed by atoms with Crippen LogP contribution in [-0.4, -0.2) is 34.9 Å². The summed E-state index contributed by atoms with van der Waals surface area (Å²) in [7, 11) is 1.44. The molecular weight excluding hydrogens is 526 g/mol. The molecule has 0 radical (unpaired) electrons. The van der Waals surface area contributed by atoms with Crippen LogP contribution >= 0.6 is 0 Å². The van der Waals surface area contributed by atoms with Gasteiger partial charge in [-0.1, -0.05) is 6.07 Å². The van der Waals surface area contributed by atoms with Gasteiger partial charge >= 0.3 is 0 Å². The fourth-order valence-corrected chi connectivity index (χ4v) is 4.99. The predicted molar refractivity (Wildman–Crippen MR) is 152 cm³/mol. The summed E-state index contributed by atoms with van der Waals surface area (Å²) in [6, 6.07) is 15.5. The number of carbonyl (C=O) groups excluding carboxylic acids is 2. The molecule has 5 aromatic rings. The summed E-state index contributed by atoms with van der Waals surface area (Å²) in [5.74, 6) is -1.44. The molecular formula is C32H26F2N4O3. The van der Waals surface area contributed by atoms with Crippen LogP contribution in [0.5, 0.6) is 0 Å². The fourth-order valence-electron chi connectivity index (χ4n) is 4.99. The van der Waals surface area contributed by atoms with Gasteiger partial charge < -0.3 is 9.73 Å². The number of hydrogen-bond acceptors (Lipinski definition) is 5. The Bertz CT molecular complexity index is 1830. The Morgan fingerprint density at radius 1 is 0.976 bits per heavy atom. The lowest BCUT2D eigenvalue weighted by Gasteiger charge is -2.21. The van der Waals surface area contributed by atoms with Crippen LogP contribution in [0.2, 0.25) is 0 Å². The highest BCUT2D eigenvalue weighted by Gasteiger charge is 2.36. The van der Waals surface area contributed by atoms with Gasteiger partial charge in [-0.05, 0) is 92.4 Å². The van der Waals surface area contributed by atoms with Crippen molar-refractivity contribution in [3.63, 3.8) is 0 Å². The van der Waals surface area contributed by atoms with Gasteiger partial charge in [0.15, 0.2) is 0 Å². The average Bonchev–Trinajstić information content (AvgIpc) is 3.72. The van der Waals surface area contributed by atoms with Crippen LogP contribution in [-0.2, 0) is 0 Å². The monoisotopic (exact) mass is 552 g/mol. The van der Waals surface area contributed by atoms with Crippen LogP contribution in [0.25, 0.3) is 33.4 Å². The number of aryl methyl sites for hydroxylation is 2. The number of carbonyl (C=O) groups is 2. The van der Waals surface area contributed by atoms with Crippen molar-refractivity contribution in [3.05, 3.63) is 101 Å². The summed E-state index contributed by atoms with van der Waals surface area (Å²) in [6.07, 6.45) is 3.33. The number of nitrogens with zero attached hydrogens (tertiary/aromatic N) is 3. The number of anilines is 1. The lowest BCUT2D eigenvalue weighted by Crippen LogP contribution is -2.34. The largest absolute Gasteiger partial charge is 0.455 e. The number of nitrogens with one attached hydrogen (secondary N) is 1. The number of benzene rings is 3. The molecule has 41 heavy (non-hydrogen) atoms. The van der Waals surface area contributed by atoms with Crippen molar-refractivity contribution in [1.29, 1.82) is 0 Å². The van der Waals surface area contributed by atoms with E-state index in [1.807, 2.05) is 13.8 Å². The molecule has 0 aliphatic heterocycles. The maximum absolute atomic E-state index is 16.4. The van der Waals surface area contributed by atoms with Crippen molar-refractivity contribution in [2.75, 3.05) is 11.9 Å². The highest BCUT2D eigenvalue weighted by atomic mass is 19.1. The zero-order valence-corrected chi connectivity index (χ0v) is 22.7. The Balaban J connectivity index is 1.48. The van der Waals surface area contributed by atoms with E-state index in [1.165, 1.54) is 31.3 Å². The van der Waals surface area contributed by atoms with Crippen LogP contribution in [0.4, 0.5) is 14.7 Å². The van der Waals surface area contributed by atoms with Gasteiger partial charge in [0.25, 0.3) is 11.8 Å². The number of furan rings is 1. The second-order valence-corrected chi connectivity index (χ2v) is 10.1. The molecule has 206 valence electrons. The van der Waals surface area contributed by atoms with Crippen LogP contribution < -0.4 is 10.2 Å². The van der Waals surface area contributed by atoms with Gasteiger partial charge in [-0.25, -0.2) is 18.7 Å². The Morgan fingerprint density at radius 2 is 1.73 bits per heavy atom. The number of amides is 2. The highest BCUT2D eigenvalue weighted by molar-refractivity contribution is 6.12. The molecule has 1 aliphatic rings. The van der Waals surface area contributed by atoms with Crippen molar-refractivity contribution in [2.24, 2.45) is 0 Å². The van der Waals surface area contributed by atoms with Gasteiger partial charge in [-0.2, -0.15) is 0 Å². The molecule has 3 aromatic carbocycles. The molecule has 7 nitrogen and oxygen atoms in total. The van der Waals surface area contributed by atoms with Crippen LogP contribution in [0.15, 0.2) is 71.3 Å². The van der Waals surface area contributed by atoms with Crippen LogP contribution in [0, 0.1) is 25.5 Å². The normalized spacial score (nSPS) is 12.9. The highest BCUT2D eigenvalue weighted by Crippen LogP contribution is 2.40. The van der Waals surface area contributed by atoms with Gasteiger partial charge in [0, 0.05) is 41.7 Å². The summed E-state index contributed by atoms with van der Waals surface area (Å²) >= 11 is 0. The average molecular weight is 553 g/mol. The third-order valence-electron chi connectivity index (χ3n) is 7.26. The van der Waals surface area contributed by atoms with Gasteiger partial charge in [-0.15, -0.1) is 0 Å². The minimum atomic E-state index is -0.660. The summed E-state index contributed by atoms with van der Waals surface area (Å²) in [5, 5.41) is 2.55. The summed E-state index contributed by atoms with van der Waals surface area (Å²) in [6.45, 7) is 3.67. The van der Waals surface area contributed by atoms with E-state index < -0.39 is 17.5 Å². The predicted octanol–water partition coefficient (Wildman–Crippen LogP) is 6.62. The maximum atomic E-state index is 16.4. The van der Waals surface area contributed by atoms with Gasteiger partial charge in [0.2, 0.25) is 5.95 Å². The first kappa shape index (κ1) is 26.3. The first-order valence-electron chi connectivity index (χ1n) is 13.2. The number of hydrogen-bond donors (Lipinski definition) is 1. The van der Waals surface area contributed by atoms with Gasteiger partial charge in [0.1, 0.15) is 23.0 Å². The molecule has 1 fully saturated rings. The SMILES string of the molecule is CNC(=O)c1c(-c2ccc(F)cc2)oc2ccc(-c3cc(C(=O)N(c4nccc(C)n4)C4CC4)ccc3C)c(F)c12. The van der Waals surface area contributed by atoms with E-state index in [0.717, 1.165) is 24.1 Å². The fraction of sp³-hybridized carbons (Fsp3) is 0.188. The zero-order valence-electron chi connectivity index (χ0n) is 22.7. The topological polar surface area (TPSA) is 88.3 Å². The van der Waals surface area contributed by atoms with E-state index in [1.54, 1.807) is 47.5 Å². The molecule has 2 heterocycles. The lowest BCUT2D eigenvalue weighted by molar-refractivity contribution is 0.0961. The van der Waals surface area contributed by atoms with Crippen molar-refractivity contribution in [3.8, 4) is 22.5 Å². The molecule has 1 saturated carbocycles. The second-order valence-electron chi connectivity index (χ2n) is 10.1. The summed E-state index contributed by atoms with van der Waals surface area (Å²) in [5.41, 5.74) is 3.20. The molecule has 0 saturated heterocycles. The summed E-state index contributed by atoms with van der Waals surface area (Å²) < 4.78 is 35.9. The molecule has 0 unspecified atom stereocenters. The molecule has 1 aliphatic carbocycles. The van der Waals surface area contributed by atoms with Crippen molar-refractivity contribution in [2.45, 2.75) is 32.7 Å². The Morgan fingerprint density at radius 3 is 2.41 bits per heavy atom. The molecule has 2 aromatic heterocycles. The van der Waals surface area contributed by atoms with Gasteiger partial charge in [0.05, 0.1) is 10.9 Å².